The van der Waals surface area contributed by atoms with E-state index in [1.807, 2.05) is 7.11 Å². The SMILES string of the molecule is CCN(CC)C1CCC(OC)CC1. The van der Waals surface area contributed by atoms with E-state index < -0.39 is 0 Å². The standard InChI is InChI=1S/C11H23NO/c1-4-12(5-2)10-6-8-11(13-3)9-7-10/h10-11H,4-9H2,1-3H3. The van der Waals surface area contributed by atoms with Gasteiger partial charge in [-0.3, -0.25) is 0 Å². The van der Waals surface area contributed by atoms with Gasteiger partial charge in [0.25, 0.3) is 0 Å². The van der Waals surface area contributed by atoms with Crippen LogP contribution in [0.2, 0.25) is 0 Å². The first-order chi connectivity index (χ1) is 6.31. The third kappa shape index (κ3) is 2.96. The molecule has 1 fully saturated rings. The summed E-state index contributed by atoms with van der Waals surface area (Å²) < 4.78 is 5.37. The molecule has 0 heterocycles. The Balaban J connectivity index is 2.30. The van der Waals surface area contributed by atoms with Gasteiger partial charge < -0.3 is 9.64 Å². The number of ether oxygens (including phenoxy) is 1. The van der Waals surface area contributed by atoms with Crippen molar-refractivity contribution < 1.29 is 4.74 Å². The minimum Gasteiger partial charge on any atom is -0.381 e. The van der Waals surface area contributed by atoms with Crippen molar-refractivity contribution in [3.05, 3.63) is 0 Å². The molecular weight excluding hydrogens is 162 g/mol. The highest BCUT2D eigenvalue weighted by atomic mass is 16.5. The van der Waals surface area contributed by atoms with Gasteiger partial charge in [0.2, 0.25) is 0 Å². The van der Waals surface area contributed by atoms with E-state index in [0.29, 0.717) is 6.10 Å². The second-order valence-corrected chi connectivity index (χ2v) is 3.89. The summed E-state index contributed by atoms with van der Waals surface area (Å²) in [6.45, 7) is 6.90. The molecule has 1 rings (SSSR count). The molecule has 1 aliphatic rings. The van der Waals surface area contributed by atoms with Crippen LogP contribution in [-0.4, -0.2) is 37.2 Å². The Morgan fingerprint density at radius 2 is 1.62 bits per heavy atom. The molecule has 0 saturated heterocycles. The molecule has 0 aliphatic heterocycles. The average Bonchev–Trinajstić information content (AvgIpc) is 2.21. The lowest BCUT2D eigenvalue weighted by Gasteiger charge is -2.35. The topological polar surface area (TPSA) is 12.5 Å². The predicted octanol–water partition coefficient (Wildman–Crippen LogP) is 2.29. The van der Waals surface area contributed by atoms with Gasteiger partial charge in [-0.15, -0.1) is 0 Å². The van der Waals surface area contributed by atoms with Gasteiger partial charge in [0.05, 0.1) is 6.10 Å². The fourth-order valence-corrected chi connectivity index (χ4v) is 2.39. The van der Waals surface area contributed by atoms with E-state index in [1.54, 1.807) is 0 Å². The maximum atomic E-state index is 5.37. The molecule has 0 amide bonds. The monoisotopic (exact) mass is 185 g/mol. The van der Waals surface area contributed by atoms with Crippen LogP contribution in [0.4, 0.5) is 0 Å². The van der Waals surface area contributed by atoms with E-state index in [2.05, 4.69) is 18.7 Å². The quantitative estimate of drug-likeness (QED) is 0.666. The molecule has 2 heteroatoms. The molecule has 0 aromatic carbocycles. The molecule has 0 atom stereocenters. The van der Waals surface area contributed by atoms with Crippen molar-refractivity contribution in [2.75, 3.05) is 20.2 Å². The van der Waals surface area contributed by atoms with E-state index in [4.69, 9.17) is 4.74 Å². The largest absolute Gasteiger partial charge is 0.381 e. The Labute approximate surface area is 82.3 Å². The van der Waals surface area contributed by atoms with Gasteiger partial charge >= 0.3 is 0 Å². The summed E-state index contributed by atoms with van der Waals surface area (Å²) in [7, 11) is 1.84. The second-order valence-electron chi connectivity index (χ2n) is 3.89. The van der Waals surface area contributed by atoms with Crippen molar-refractivity contribution >= 4 is 0 Å². The summed E-state index contributed by atoms with van der Waals surface area (Å²) in [4.78, 5) is 2.58. The lowest BCUT2D eigenvalue weighted by Crippen LogP contribution is -2.39. The Kier molecular flexibility index (Phi) is 4.74. The summed E-state index contributed by atoms with van der Waals surface area (Å²) in [5.41, 5.74) is 0. The highest BCUT2D eigenvalue weighted by Crippen LogP contribution is 2.24. The minimum atomic E-state index is 0.534. The molecule has 0 bridgehead atoms. The number of hydrogen-bond donors (Lipinski definition) is 0. The van der Waals surface area contributed by atoms with Crippen molar-refractivity contribution in [3.8, 4) is 0 Å². The first-order valence-electron chi connectivity index (χ1n) is 5.58. The second kappa shape index (κ2) is 5.61. The Morgan fingerprint density at radius 1 is 1.08 bits per heavy atom. The third-order valence-corrected chi connectivity index (χ3v) is 3.31. The molecule has 0 spiro atoms. The van der Waals surface area contributed by atoms with Gasteiger partial charge in [-0.1, -0.05) is 13.8 Å². The maximum absolute atomic E-state index is 5.37. The van der Waals surface area contributed by atoms with Crippen LogP contribution >= 0.6 is 0 Å². The van der Waals surface area contributed by atoms with Crippen LogP contribution in [0.1, 0.15) is 39.5 Å². The number of nitrogens with zero attached hydrogens (tertiary/aromatic N) is 1. The first kappa shape index (κ1) is 11.0. The molecule has 13 heavy (non-hydrogen) atoms. The molecule has 78 valence electrons. The summed E-state index contributed by atoms with van der Waals surface area (Å²) in [6.07, 6.45) is 5.67. The fourth-order valence-electron chi connectivity index (χ4n) is 2.39. The molecule has 1 aliphatic carbocycles. The zero-order valence-electron chi connectivity index (χ0n) is 9.25. The minimum absolute atomic E-state index is 0.534. The first-order valence-corrected chi connectivity index (χ1v) is 5.58. The molecule has 0 N–H and O–H groups in total. The molecular formula is C11H23NO. The lowest BCUT2D eigenvalue weighted by molar-refractivity contribution is 0.0408. The zero-order chi connectivity index (χ0) is 9.68. The number of methoxy groups -OCH3 is 1. The van der Waals surface area contributed by atoms with Crippen molar-refractivity contribution in [1.29, 1.82) is 0 Å². The van der Waals surface area contributed by atoms with E-state index >= 15 is 0 Å². The van der Waals surface area contributed by atoms with Crippen molar-refractivity contribution in [3.63, 3.8) is 0 Å². The molecule has 0 radical (unpaired) electrons. The molecule has 2 nitrogen and oxygen atoms in total. The van der Waals surface area contributed by atoms with Crippen LogP contribution in [-0.2, 0) is 4.74 Å². The fraction of sp³-hybridized carbons (Fsp3) is 1.00. The van der Waals surface area contributed by atoms with Gasteiger partial charge in [-0.25, -0.2) is 0 Å². The number of hydrogen-bond acceptors (Lipinski definition) is 2. The van der Waals surface area contributed by atoms with E-state index in [1.165, 1.54) is 38.8 Å². The lowest BCUT2D eigenvalue weighted by atomic mass is 9.92. The van der Waals surface area contributed by atoms with Crippen LogP contribution in [0.25, 0.3) is 0 Å². The van der Waals surface area contributed by atoms with Crippen molar-refractivity contribution in [2.24, 2.45) is 0 Å². The van der Waals surface area contributed by atoms with Gasteiger partial charge in [0.1, 0.15) is 0 Å². The van der Waals surface area contributed by atoms with Gasteiger partial charge in [0.15, 0.2) is 0 Å². The summed E-state index contributed by atoms with van der Waals surface area (Å²) >= 11 is 0. The maximum Gasteiger partial charge on any atom is 0.0572 e. The number of rotatable bonds is 4. The Bertz CT molecular complexity index is 126. The van der Waals surface area contributed by atoms with Gasteiger partial charge in [-0.2, -0.15) is 0 Å². The molecule has 1 saturated carbocycles. The van der Waals surface area contributed by atoms with Crippen LogP contribution in [0.3, 0.4) is 0 Å². The third-order valence-electron chi connectivity index (χ3n) is 3.31. The zero-order valence-corrected chi connectivity index (χ0v) is 9.25. The van der Waals surface area contributed by atoms with Crippen LogP contribution in [0, 0.1) is 0 Å². The Morgan fingerprint density at radius 3 is 2.00 bits per heavy atom. The highest BCUT2D eigenvalue weighted by molar-refractivity contribution is 4.78. The van der Waals surface area contributed by atoms with Crippen LogP contribution in [0.5, 0.6) is 0 Å². The van der Waals surface area contributed by atoms with Gasteiger partial charge in [0, 0.05) is 13.2 Å². The smallest absolute Gasteiger partial charge is 0.0572 e. The average molecular weight is 185 g/mol. The molecule has 0 unspecified atom stereocenters. The molecule has 0 aromatic heterocycles. The van der Waals surface area contributed by atoms with Crippen LogP contribution < -0.4 is 0 Å². The van der Waals surface area contributed by atoms with E-state index in [-0.39, 0.29) is 0 Å². The van der Waals surface area contributed by atoms with E-state index in [0.717, 1.165) is 6.04 Å². The summed E-state index contributed by atoms with van der Waals surface area (Å²) in [5.74, 6) is 0. The van der Waals surface area contributed by atoms with E-state index in [9.17, 15) is 0 Å². The highest BCUT2D eigenvalue weighted by Gasteiger charge is 2.23. The van der Waals surface area contributed by atoms with Crippen molar-refractivity contribution in [1.82, 2.24) is 4.90 Å². The Hall–Kier alpha value is -0.0800. The summed E-state index contributed by atoms with van der Waals surface area (Å²) in [6, 6.07) is 0.821. The van der Waals surface area contributed by atoms with Crippen LogP contribution in [0.15, 0.2) is 0 Å². The van der Waals surface area contributed by atoms with Gasteiger partial charge in [-0.05, 0) is 38.8 Å². The predicted molar refractivity (Wildman–Crippen MR) is 56.0 cm³/mol. The summed E-state index contributed by atoms with van der Waals surface area (Å²) in [5, 5.41) is 0. The van der Waals surface area contributed by atoms with Crippen molar-refractivity contribution in [2.45, 2.75) is 51.7 Å². The molecule has 0 aromatic rings. The normalized spacial score (nSPS) is 29.5.